The van der Waals surface area contributed by atoms with Crippen molar-refractivity contribution in [2.45, 2.75) is 28.7 Å². The molecule has 3 rings (SSSR count). The van der Waals surface area contributed by atoms with Crippen LogP contribution >= 0.6 is 11.8 Å². The zero-order valence-electron chi connectivity index (χ0n) is 16.8. The summed E-state index contributed by atoms with van der Waals surface area (Å²) in [6.07, 6.45) is 0.674. The molecular weight excluding hydrogens is 432 g/mol. The topological polar surface area (TPSA) is 130 Å². The van der Waals surface area contributed by atoms with Gasteiger partial charge in [-0.3, -0.25) is 14.9 Å². The van der Waals surface area contributed by atoms with Gasteiger partial charge in [-0.05, 0) is 54.8 Å². The Morgan fingerprint density at radius 1 is 1.03 bits per heavy atom. The molecular formula is C23H20N2O6S. The maximum absolute atomic E-state index is 12.7. The minimum Gasteiger partial charge on any atom is -0.508 e. The third kappa shape index (κ3) is 6.08. The summed E-state index contributed by atoms with van der Waals surface area (Å²) >= 11 is 1.07. The summed E-state index contributed by atoms with van der Waals surface area (Å²) in [7, 11) is 0. The Bertz CT molecular complexity index is 1120. The Balaban J connectivity index is 1.77. The smallest absolute Gasteiger partial charge is 0.326 e. The lowest BCUT2D eigenvalue weighted by atomic mass is 10.0. The van der Waals surface area contributed by atoms with Crippen molar-refractivity contribution in [1.82, 2.24) is 5.32 Å². The summed E-state index contributed by atoms with van der Waals surface area (Å²) in [6, 6.07) is 18.2. The van der Waals surface area contributed by atoms with Crippen LogP contribution in [0.4, 0.5) is 5.69 Å². The van der Waals surface area contributed by atoms with Crippen molar-refractivity contribution in [3.05, 3.63) is 94.0 Å². The quantitative estimate of drug-likeness (QED) is 0.326. The number of carboxylic acid groups (broad SMARTS) is 1. The average molecular weight is 452 g/mol. The number of rotatable bonds is 9. The summed E-state index contributed by atoms with van der Waals surface area (Å²) in [5.74, 6) is -1.73. The Labute approximate surface area is 188 Å². The molecule has 1 atom stereocenters. The number of carboxylic acids is 1. The van der Waals surface area contributed by atoms with E-state index in [0.29, 0.717) is 11.3 Å². The molecule has 0 aliphatic carbocycles. The van der Waals surface area contributed by atoms with Crippen LogP contribution in [0.3, 0.4) is 0 Å². The van der Waals surface area contributed by atoms with Crippen LogP contribution in [0.1, 0.15) is 22.3 Å². The number of aryl methyl sites for hydroxylation is 1. The summed E-state index contributed by atoms with van der Waals surface area (Å²) < 4.78 is 0. The molecule has 9 heteroatoms. The number of carbonyl (C=O) groups is 2. The van der Waals surface area contributed by atoms with Gasteiger partial charge in [0.25, 0.3) is 11.6 Å². The number of aromatic hydroxyl groups is 1. The molecule has 0 aliphatic rings. The Morgan fingerprint density at radius 3 is 2.34 bits per heavy atom. The van der Waals surface area contributed by atoms with Gasteiger partial charge in [-0.25, -0.2) is 4.79 Å². The zero-order chi connectivity index (χ0) is 23.1. The predicted molar refractivity (Wildman–Crippen MR) is 119 cm³/mol. The fourth-order valence-corrected chi connectivity index (χ4v) is 3.94. The first kappa shape index (κ1) is 22.8. The maximum atomic E-state index is 12.7. The molecule has 0 bridgehead atoms. The maximum Gasteiger partial charge on any atom is 0.326 e. The van der Waals surface area contributed by atoms with Crippen molar-refractivity contribution < 1.29 is 24.7 Å². The van der Waals surface area contributed by atoms with Crippen molar-refractivity contribution in [1.29, 1.82) is 0 Å². The number of carbonyl (C=O) groups excluding carboxylic acids is 1. The second kappa shape index (κ2) is 10.5. The molecule has 0 radical (unpaired) electrons. The molecule has 0 unspecified atom stereocenters. The number of nitro benzene ring substituents is 1. The zero-order valence-corrected chi connectivity index (χ0v) is 17.6. The number of hydrogen-bond acceptors (Lipinski definition) is 6. The van der Waals surface area contributed by atoms with Crippen LogP contribution in [0.5, 0.6) is 5.75 Å². The second-order valence-electron chi connectivity index (χ2n) is 6.92. The molecule has 164 valence electrons. The average Bonchev–Trinajstić information content (AvgIpc) is 2.78. The van der Waals surface area contributed by atoms with Crippen LogP contribution in [-0.4, -0.2) is 33.1 Å². The van der Waals surface area contributed by atoms with E-state index in [9.17, 15) is 29.9 Å². The Morgan fingerprint density at radius 2 is 1.72 bits per heavy atom. The highest BCUT2D eigenvalue weighted by atomic mass is 32.2. The molecule has 3 aromatic rings. The van der Waals surface area contributed by atoms with Crippen LogP contribution in [0, 0.1) is 10.1 Å². The van der Waals surface area contributed by atoms with Crippen LogP contribution in [-0.2, 0) is 11.2 Å². The van der Waals surface area contributed by atoms with Gasteiger partial charge in [0.2, 0.25) is 0 Å². The van der Waals surface area contributed by atoms with Crippen molar-refractivity contribution in [2.75, 3.05) is 0 Å². The lowest BCUT2D eigenvalue weighted by Gasteiger charge is -2.15. The summed E-state index contributed by atoms with van der Waals surface area (Å²) in [5.41, 5.74) is 0.886. The summed E-state index contributed by atoms with van der Waals surface area (Å²) in [4.78, 5) is 36.1. The number of nitrogens with one attached hydrogen (secondary N) is 1. The van der Waals surface area contributed by atoms with Crippen LogP contribution in [0.25, 0.3) is 0 Å². The van der Waals surface area contributed by atoms with E-state index >= 15 is 0 Å². The number of nitro groups is 1. The van der Waals surface area contributed by atoms with Crippen molar-refractivity contribution in [2.24, 2.45) is 0 Å². The van der Waals surface area contributed by atoms with E-state index in [2.05, 4.69) is 5.32 Å². The number of amides is 1. The lowest BCUT2D eigenvalue weighted by molar-refractivity contribution is -0.387. The molecule has 32 heavy (non-hydrogen) atoms. The van der Waals surface area contributed by atoms with Crippen LogP contribution in [0.2, 0.25) is 0 Å². The van der Waals surface area contributed by atoms with Crippen LogP contribution < -0.4 is 5.32 Å². The first-order valence-electron chi connectivity index (χ1n) is 9.66. The first-order valence-corrected chi connectivity index (χ1v) is 10.5. The molecule has 0 aliphatic heterocycles. The minimum atomic E-state index is -1.16. The molecule has 0 saturated heterocycles. The van der Waals surface area contributed by atoms with Gasteiger partial charge in [0.15, 0.2) is 0 Å². The molecule has 8 nitrogen and oxygen atoms in total. The number of phenols is 1. The van der Waals surface area contributed by atoms with E-state index in [-0.39, 0.29) is 28.3 Å². The minimum absolute atomic E-state index is 0.0622. The first-order chi connectivity index (χ1) is 15.3. The van der Waals surface area contributed by atoms with Crippen molar-refractivity contribution >= 4 is 29.3 Å². The molecule has 0 fully saturated rings. The SMILES string of the molecule is O=C(N[C@@H](CCc1ccccc1)C(=O)O)c1ccc([N+](=O)[O-])c(Sc2ccc(O)cc2)c1. The number of benzene rings is 3. The lowest BCUT2D eigenvalue weighted by Crippen LogP contribution is -2.41. The molecule has 1 amide bonds. The fraction of sp³-hybridized carbons (Fsp3) is 0.130. The number of hydrogen-bond donors (Lipinski definition) is 3. The molecule has 0 saturated carbocycles. The van der Waals surface area contributed by atoms with E-state index in [4.69, 9.17) is 0 Å². The molecule has 0 heterocycles. The van der Waals surface area contributed by atoms with Gasteiger partial charge >= 0.3 is 5.97 Å². The highest BCUT2D eigenvalue weighted by molar-refractivity contribution is 7.99. The predicted octanol–water partition coefficient (Wildman–Crippen LogP) is 4.27. The fourth-order valence-electron chi connectivity index (χ4n) is 2.98. The highest BCUT2D eigenvalue weighted by Gasteiger charge is 2.23. The molecule has 3 aromatic carbocycles. The van der Waals surface area contributed by atoms with Gasteiger partial charge in [0, 0.05) is 16.5 Å². The monoisotopic (exact) mass is 452 g/mol. The number of aliphatic carboxylic acids is 1. The second-order valence-corrected chi connectivity index (χ2v) is 8.04. The molecule has 3 N–H and O–H groups in total. The third-order valence-electron chi connectivity index (χ3n) is 4.65. The number of nitrogens with zero attached hydrogens (tertiary/aromatic N) is 1. The van der Waals surface area contributed by atoms with Gasteiger partial charge in [-0.1, -0.05) is 42.1 Å². The van der Waals surface area contributed by atoms with Crippen molar-refractivity contribution in [3.63, 3.8) is 0 Å². The van der Waals surface area contributed by atoms with E-state index < -0.39 is 22.8 Å². The normalized spacial score (nSPS) is 11.5. The Hall–Kier alpha value is -3.85. The summed E-state index contributed by atoms with van der Waals surface area (Å²) in [5, 5.41) is 32.8. The Kier molecular flexibility index (Phi) is 7.45. The largest absolute Gasteiger partial charge is 0.508 e. The standard InChI is InChI=1S/C23H20N2O6S/c26-17-8-10-18(11-9-17)32-21-14-16(7-13-20(21)25(30)31)22(27)24-19(23(28)29)12-6-15-4-2-1-3-5-15/h1-5,7-11,13-14,19,26H,6,12H2,(H,24,27)(H,28,29)/t19-/m0/s1. The van der Waals surface area contributed by atoms with Crippen molar-refractivity contribution in [3.8, 4) is 5.75 Å². The molecule has 0 aromatic heterocycles. The van der Waals surface area contributed by atoms with E-state index in [0.717, 1.165) is 17.3 Å². The van der Waals surface area contributed by atoms with E-state index in [1.54, 1.807) is 12.1 Å². The highest BCUT2D eigenvalue weighted by Crippen LogP contribution is 2.36. The van der Waals surface area contributed by atoms with Gasteiger partial charge < -0.3 is 15.5 Å². The van der Waals surface area contributed by atoms with E-state index in [1.807, 2.05) is 30.3 Å². The molecule has 0 spiro atoms. The van der Waals surface area contributed by atoms with Gasteiger partial charge in [0.05, 0.1) is 9.82 Å². The third-order valence-corrected chi connectivity index (χ3v) is 5.71. The van der Waals surface area contributed by atoms with E-state index in [1.165, 1.54) is 30.3 Å². The van der Waals surface area contributed by atoms with Gasteiger partial charge in [0.1, 0.15) is 11.8 Å². The van der Waals surface area contributed by atoms with Gasteiger partial charge in [-0.2, -0.15) is 0 Å². The van der Waals surface area contributed by atoms with Gasteiger partial charge in [-0.15, -0.1) is 0 Å². The number of phenolic OH excluding ortho intramolecular Hbond substituents is 1. The van der Waals surface area contributed by atoms with Crippen LogP contribution in [0.15, 0.2) is 82.6 Å². The summed E-state index contributed by atoms with van der Waals surface area (Å²) in [6.45, 7) is 0.